The average molecular weight is 301 g/mol. The number of nitrogens with zero attached hydrogens (tertiary/aromatic N) is 2. The number of rotatable bonds is 5. The van der Waals surface area contributed by atoms with E-state index in [0.29, 0.717) is 0 Å². The second kappa shape index (κ2) is 6.58. The first-order valence-corrected chi connectivity index (χ1v) is 8.69. The molecular formula is C17H23N3S. The van der Waals surface area contributed by atoms with Crippen LogP contribution in [-0.2, 0) is 19.4 Å². The SMILES string of the molecule is CCNCc1sc(N2CCCc3ccccc32)nc1CC. The summed E-state index contributed by atoms with van der Waals surface area (Å²) in [5.41, 5.74) is 4.04. The van der Waals surface area contributed by atoms with Crippen LogP contribution < -0.4 is 10.2 Å². The third kappa shape index (κ3) is 2.97. The van der Waals surface area contributed by atoms with Gasteiger partial charge in [0.25, 0.3) is 0 Å². The van der Waals surface area contributed by atoms with E-state index in [4.69, 9.17) is 4.98 Å². The van der Waals surface area contributed by atoms with Crippen LogP contribution in [0.25, 0.3) is 0 Å². The number of nitrogens with one attached hydrogen (secondary N) is 1. The van der Waals surface area contributed by atoms with E-state index < -0.39 is 0 Å². The third-order valence-corrected chi connectivity index (χ3v) is 5.10. The highest BCUT2D eigenvalue weighted by molar-refractivity contribution is 7.15. The second-order valence-electron chi connectivity index (χ2n) is 5.38. The monoisotopic (exact) mass is 301 g/mol. The van der Waals surface area contributed by atoms with Crippen LogP contribution in [0.2, 0.25) is 0 Å². The summed E-state index contributed by atoms with van der Waals surface area (Å²) < 4.78 is 0. The predicted molar refractivity (Wildman–Crippen MR) is 90.6 cm³/mol. The minimum absolute atomic E-state index is 0.937. The molecular weight excluding hydrogens is 278 g/mol. The molecule has 0 saturated carbocycles. The molecule has 1 aliphatic rings. The maximum atomic E-state index is 4.91. The van der Waals surface area contributed by atoms with E-state index in [-0.39, 0.29) is 0 Å². The number of hydrogen-bond acceptors (Lipinski definition) is 4. The molecule has 3 nitrogen and oxygen atoms in total. The largest absolute Gasteiger partial charge is 0.318 e. The van der Waals surface area contributed by atoms with E-state index in [9.17, 15) is 0 Å². The molecule has 0 radical (unpaired) electrons. The van der Waals surface area contributed by atoms with E-state index >= 15 is 0 Å². The summed E-state index contributed by atoms with van der Waals surface area (Å²) in [5, 5.41) is 4.59. The highest BCUT2D eigenvalue weighted by atomic mass is 32.1. The Kier molecular flexibility index (Phi) is 4.56. The van der Waals surface area contributed by atoms with Crippen molar-refractivity contribution in [1.29, 1.82) is 0 Å². The topological polar surface area (TPSA) is 28.2 Å². The highest BCUT2D eigenvalue weighted by Gasteiger charge is 2.21. The van der Waals surface area contributed by atoms with E-state index in [0.717, 1.165) is 31.2 Å². The Bertz CT molecular complexity index is 606. The number of anilines is 2. The molecule has 0 fully saturated rings. The number of para-hydroxylation sites is 1. The molecule has 0 bridgehead atoms. The lowest BCUT2D eigenvalue weighted by Gasteiger charge is -2.28. The highest BCUT2D eigenvalue weighted by Crippen LogP contribution is 2.36. The van der Waals surface area contributed by atoms with Crippen LogP contribution >= 0.6 is 11.3 Å². The van der Waals surface area contributed by atoms with Crippen molar-refractivity contribution in [1.82, 2.24) is 10.3 Å². The standard InChI is InChI=1S/C17H23N3S/c1-3-14-16(12-18-4-2)21-17(19-14)20-11-7-9-13-8-5-6-10-15(13)20/h5-6,8,10,18H,3-4,7,9,11-12H2,1-2H3. The van der Waals surface area contributed by atoms with Gasteiger partial charge in [0.05, 0.1) is 5.69 Å². The van der Waals surface area contributed by atoms with Gasteiger partial charge < -0.3 is 10.2 Å². The van der Waals surface area contributed by atoms with Gasteiger partial charge in [-0.2, -0.15) is 0 Å². The molecule has 1 aliphatic heterocycles. The van der Waals surface area contributed by atoms with Gasteiger partial charge in [-0.15, -0.1) is 0 Å². The molecule has 3 rings (SSSR count). The Morgan fingerprint density at radius 3 is 2.95 bits per heavy atom. The molecule has 0 aliphatic carbocycles. The molecule has 2 heterocycles. The number of thiazole rings is 1. The summed E-state index contributed by atoms with van der Waals surface area (Å²) >= 11 is 1.85. The van der Waals surface area contributed by atoms with Gasteiger partial charge in [0.1, 0.15) is 0 Å². The summed E-state index contributed by atoms with van der Waals surface area (Å²) in [6.07, 6.45) is 3.40. The lowest BCUT2D eigenvalue weighted by molar-refractivity contribution is 0.727. The van der Waals surface area contributed by atoms with E-state index in [2.05, 4.69) is 48.3 Å². The number of hydrogen-bond donors (Lipinski definition) is 1. The lowest BCUT2D eigenvalue weighted by atomic mass is 10.0. The van der Waals surface area contributed by atoms with E-state index in [1.165, 1.54) is 34.7 Å². The van der Waals surface area contributed by atoms with Crippen LogP contribution in [0.5, 0.6) is 0 Å². The fraction of sp³-hybridized carbons (Fsp3) is 0.471. The summed E-state index contributed by atoms with van der Waals surface area (Å²) in [5.74, 6) is 0. The fourth-order valence-corrected chi connectivity index (χ4v) is 4.03. The molecule has 0 unspecified atom stereocenters. The fourth-order valence-electron chi connectivity index (χ4n) is 2.87. The normalized spacial score (nSPS) is 14.3. The number of aromatic nitrogens is 1. The third-order valence-electron chi connectivity index (χ3n) is 3.98. The van der Waals surface area contributed by atoms with Gasteiger partial charge in [-0.1, -0.05) is 43.4 Å². The first-order chi connectivity index (χ1) is 10.3. The van der Waals surface area contributed by atoms with Crippen LogP contribution in [0.1, 0.15) is 36.4 Å². The molecule has 1 aromatic carbocycles. The van der Waals surface area contributed by atoms with Crippen LogP contribution in [0.4, 0.5) is 10.8 Å². The van der Waals surface area contributed by atoms with Crippen molar-refractivity contribution in [3.63, 3.8) is 0 Å². The zero-order valence-electron chi connectivity index (χ0n) is 12.9. The van der Waals surface area contributed by atoms with Crippen LogP contribution in [0.3, 0.4) is 0 Å². The second-order valence-corrected chi connectivity index (χ2v) is 6.45. The first-order valence-electron chi connectivity index (χ1n) is 7.88. The van der Waals surface area contributed by atoms with Crippen LogP contribution in [0, 0.1) is 0 Å². The van der Waals surface area contributed by atoms with Gasteiger partial charge in [0.15, 0.2) is 5.13 Å². The molecule has 1 aromatic heterocycles. The molecule has 4 heteroatoms. The van der Waals surface area contributed by atoms with Gasteiger partial charge in [-0.25, -0.2) is 4.98 Å². The zero-order chi connectivity index (χ0) is 14.7. The van der Waals surface area contributed by atoms with Crippen molar-refractivity contribution in [3.8, 4) is 0 Å². The van der Waals surface area contributed by atoms with E-state index in [1.807, 2.05) is 11.3 Å². The molecule has 0 amide bonds. The van der Waals surface area contributed by atoms with E-state index in [1.54, 1.807) is 0 Å². The minimum Gasteiger partial charge on any atom is -0.318 e. The molecule has 0 saturated heterocycles. The quantitative estimate of drug-likeness (QED) is 0.908. The molecule has 1 N–H and O–H groups in total. The number of aryl methyl sites for hydroxylation is 2. The lowest BCUT2D eigenvalue weighted by Crippen LogP contribution is -2.24. The van der Waals surface area contributed by atoms with Gasteiger partial charge >= 0.3 is 0 Å². The first kappa shape index (κ1) is 14.5. The summed E-state index contributed by atoms with van der Waals surface area (Å²) in [6.45, 7) is 7.36. The van der Waals surface area contributed by atoms with Gasteiger partial charge in [0, 0.05) is 23.7 Å². The molecule has 0 spiro atoms. The Morgan fingerprint density at radius 2 is 2.14 bits per heavy atom. The average Bonchev–Trinajstić information content (AvgIpc) is 2.95. The molecule has 0 atom stereocenters. The summed E-state index contributed by atoms with van der Waals surface area (Å²) in [7, 11) is 0. The zero-order valence-corrected chi connectivity index (χ0v) is 13.7. The minimum atomic E-state index is 0.937. The Morgan fingerprint density at radius 1 is 1.29 bits per heavy atom. The maximum Gasteiger partial charge on any atom is 0.190 e. The summed E-state index contributed by atoms with van der Waals surface area (Å²) in [4.78, 5) is 8.70. The van der Waals surface area contributed by atoms with Gasteiger partial charge in [-0.05, 0) is 37.4 Å². The smallest absolute Gasteiger partial charge is 0.190 e. The van der Waals surface area contributed by atoms with Crippen molar-refractivity contribution in [2.75, 3.05) is 18.0 Å². The Balaban J connectivity index is 1.92. The van der Waals surface area contributed by atoms with Crippen molar-refractivity contribution in [2.45, 2.75) is 39.7 Å². The maximum absolute atomic E-state index is 4.91. The van der Waals surface area contributed by atoms with Crippen LogP contribution in [-0.4, -0.2) is 18.1 Å². The molecule has 112 valence electrons. The van der Waals surface area contributed by atoms with Gasteiger partial charge in [0.2, 0.25) is 0 Å². The van der Waals surface area contributed by atoms with Crippen molar-refractivity contribution in [3.05, 3.63) is 40.4 Å². The molecule has 21 heavy (non-hydrogen) atoms. The van der Waals surface area contributed by atoms with Crippen LogP contribution in [0.15, 0.2) is 24.3 Å². The van der Waals surface area contributed by atoms with Gasteiger partial charge in [-0.3, -0.25) is 0 Å². The Hall–Kier alpha value is -1.39. The van der Waals surface area contributed by atoms with Crippen molar-refractivity contribution in [2.24, 2.45) is 0 Å². The molecule has 2 aromatic rings. The number of benzene rings is 1. The summed E-state index contributed by atoms with van der Waals surface area (Å²) in [6, 6.07) is 8.74. The Labute approximate surface area is 131 Å². The van der Waals surface area contributed by atoms with Crippen molar-refractivity contribution >= 4 is 22.2 Å². The van der Waals surface area contributed by atoms with Crippen molar-refractivity contribution < 1.29 is 0 Å². The predicted octanol–water partition coefficient (Wildman–Crippen LogP) is 3.90. The number of fused-ring (bicyclic) bond motifs is 1.